The summed E-state index contributed by atoms with van der Waals surface area (Å²) in [4.78, 5) is 27.4. The number of rotatable bonds is 6. The monoisotopic (exact) mass is 286 g/mol. The SMILES string of the molecule is CCN(CC)C(=O)CN(C)c1nc(Cl)nc(NC)n1. The molecule has 0 unspecified atom stereocenters. The van der Waals surface area contributed by atoms with Crippen molar-refractivity contribution in [1.29, 1.82) is 0 Å². The fourth-order valence-corrected chi connectivity index (χ4v) is 1.73. The first-order valence-corrected chi connectivity index (χ1v) is 6.47. The Morgan fingerprint density at radius 1 is 1.26 bits per heavy atom. The van der Waals surface area contributed by atoms with Crippen LogP contribution in [-0.4, -0.2) is 59.5 Å². The maximum absolute atomic E-state index is 12.0. The summed E-state index contributed by atoms with van der Waals surface area (Å²) in [5.74, 6) is 0.761. The number of carbonyl (C=O) groups is 1. The minimum Gasteiger partial charge on any atom is -0.357 e. The topological polar surface area (TPSA) is 74.2 Å². The maximum Gasteiger partial charge on any atom is 0.242 e. The lowest BCUT2D eigenvalue weighted by molar-refractivity contribution is -0.129. The second kappa shape index (κ2) is 7.08. The van der Waals surface area contributed by atoms with Crippen molar-refractivity contribution in [1.82, 2.24) is 19.9 Å². The molecule has 0 radical (unpaired) electrons. The highest BCUT2D eigenvalue weighted by Crippen LogP contribution is 2.12. The van der Waals surface area contributed by atoms with Gasteiger partial charge in [-0.1, -0.05) is 0 Å². The Bertz CT molecular complexity index is 437. The molecule has 1 rings (SSSR count). The molecule has 1 aromatic heterocycles. The van der Waals surface area contributed by atoms with E-state index in [2.05, 4.69) is 20.3 Å². The Morgan fingerprint density at radius 3 is 2.42 bits per heavy atom. The van der Waals surface area contributed by atoms with Crippen LogP contribution in [-0.2, 0) is 4.79 Å². The molecule has 0 saturated heterocycles. The molecule has 19 heavy (non-hydrogen) atoms. The van der Waals surface area contributed by atoms with Crippen LogP contribution in [0, 0.1) is 0 Å². The van der Waals surface area contributed by atoms with Gasteiger partial charge in [-0.05, 0) is 25.4 Å². The maximum atomic E-state index is 12.0. The van der Waals surface area contributed by atoms with E-state index in [0.29, 0.717) is 25.0 Å². The molecule has 0 spiro atoms. The third-order valence-corrected chi connectivity index (χ3v) is 2.82. The summed E-state index contributed by atoms with van der Waals surface area (Å²) in [6.07, 6.45) is 0. The van der Waals surface area contributed by atoms with Crippen molar-refractivity contribution in [3.8, 4) is 0 Å². The molecular weight excluding hydrogens is 268 g/mol. The summed E-state index contributed by atoms with van der Waals surface area (Å²) in [7, 11) is 3.43. The first-order chi connectivity index (χ1) is 9.01. The van der Waals surface area contributed by atoms with Gasteiger partial charge in [-0.15, -0.1) is 0 Å². The predicted molar refractivity (Wildman–Crippen MR) is 75.6 cm³/mol. The van der Waals surface area contributed by atoms with Crippen molar-refractivity contribution in [2.75, 3.05) is 43.9 Å². The van der Waals surface area contributed by atoms with E-state index < -0.39 is 0 Å². The van der Waals surface area contributed by atoms with Gasteiger partial charge in [0.2, 0.25) is 23.1 Å². The summed E-state index contributed by atoms with van der Waals surface area (Å²) in [6, 6.07) is 0. The van der Waals surface area contributed by atoms with Crippen molar-refractivity contribution < 1.29 is 4.79 Å². The summed E-state index contributed by atoms with van der Waals surface area (Å²) in [5, 5.41) is 2.89. The number of likely N-dealkylation sites (N-methyl/N-ethyl adjacent to an activating group) is 2. The molecule has 1 N–H and O–H groups in total. The molecule has 0 atom stereocenters. The molecule has 0 aliphatic rings. The van der Waals surface area contributed by atoms with Crippen LogP contribution in [0.2, 0.25) is 5.28 Å². The van der Waals surface area contributed by atoms with Crippen LogP contribution in [0.15, 0.2) is 0 Å². The molecule has 0 bridgehead atoms. The quantitative estimate of drug-likeness (QED) is 0.836. The van der Waals surface area contributed by atoms with E-state index in [0.717, 1.165) is 0 Å². The molecule has 8 heteroatoms. The number of anilines is 2. The highest BCUT2D eigenvalue weighted by Gasteiger charge is 2.15. The second-order valence-electron chi connectivity index (χ2n) is 3.90. The largest absolute Gasteiger partial charge is 0.357 e. The van der Waals surface area contributed by atoms with Crippen LogP contribution in [0.5, 0.6) is 0 Å². The lowest BCUT2D eigenvalue weighted by Crippen LogP contribution is -2.39. The molecule has 7 nitrogen and oxygen atoms in total. The minimum absolute atomic E-state index is 0.0232. The van der Waals surface area contributed by atoms with Gasteiger partial charge in [0.1, 0.15) is 0 Å². The van der Waals surface area contributed by atoms with Gasteiger partial charge in [0.15, 0.2) is 0 Å². The summed E-state index contributed by atoms with van der Waals surface area (Å²) < 4.78 is 0. The zero-order valence-corrected chi connectivity index (χ0v) is 12.4. The fraction of sp³-hybridized carbons (Fsp3) is 0.636. The number of aromatic nitrogens is 3. The van der Waals surface area contributed by atoms with Gasteiger partial charge in [0.05, 0.1) is 6.54 Å². The normalized spacial score (nSPS) is 10.2. The molecule has 0 aliphatic carbocycles. The van der Waals surface area contributed by atoms with Crippen molar-refractivity contribution in [3.05, 3.63) is 5.28 Å². The van der Waals surface area contributed by atoms with Gasteiger partial charge >= 0.3 is 0 Å². The minimum atomic E-state index is 0.0232. The van der Waals surface area contributed by atoms with Gasteiger partial charge in [-0.2, -0.15) is 15.0 Å². The standard InChI is InChI=1S/C11H19ClN6O/c1-5-18(6-2)8(19)7-17(4)11-15-9(12)14-10(13-3)16-11/h5-7H2,1-4H3,(H,13,14,15,16). The average Bonchev–Trinajstić information content (AvgIpc) is 2.39. The van der Waals surface area contributed by atoms with E-state index in [1.807, 2.05) is 13.8 Å². The van der Waals surface area contributed by atoms with Crippen LogP contribution in [0.25, 0.3) is 0 Å². The number of hydrogen-bond acceptors (Lipinski definition) is 6. The highest BCUT2D eigenvalue weighted by molar-refractivity contribution is 6.28. The van der Waals surface area contributed by atoms with E-state index in [1.165, 1.54) is 0 Å². The summed E-state index contributed by atoms with van der Waals surface area (Å²) in [6.45, 7) is 5.46. The molecule has 1 aromatic rings. The Labute approximate surface area is 118 Å². The molecule has 0 aliphatic heterocycles. The Kier molecular flexibility index (Phi) is 5.75. The van der Waals surface area contributed by atoms with E-state index >= 15 is 0 Å². The van der Waals surface area contributed by atoms with Crippen molar-refractivity contribution in [2.45, 2.75) is 13.8 Å². The van der Waals surface area contributed by atoms with Crippen molar-refractivity contribution in [3.63, 3.8) is 0 Å². The van der Waals surface area contributed by atoms with Crippen LogP contribution in [0.3, 0.4) is 0 Å². The predicted octanol–water partition coefficient (Wildman–Crippen LogP) is 0.871. The molecular formula is C11H19ClN6O. The Hall–Kier alpha value is -1.63. The number of halogens is 1. The summed E-state index contributed by atoms with van der Waals surface area (Å²) >= 11 is 5.80. The van der Waals surface area contributed by atoms with Gasteiger partial charge in [-0.25, -0.2) is 0 Å². The first-order valence-electron chi connectivity index (χ1n) is 6.10. The molecule has 1 heterocycles. The highest BCUT2D eigenvalue weighted by atomic mass is 35.5. The Balaban J connectivity index is 2.80. The zero-order chi connectivity index (χ0) is 14.4. The third-order valence-electron chi connectivity index (χ3n) is 2.65. The fourth-order valence-electron chi connectivity index (χ4n) is 1.57. The zero-order valence-electron chi connectivity index (χ0n) is 11.6. The third kappa shape index (κ3) is 4.20. The Morgan fingerprint density at radius 2 is 1.89 bits per heavy atom. The van der Waals surface area contributed by atoms with E-state index in [9.17, 15) is 4.79 Å². The number of carbonyl (C=O) groups excluding carboxylic acids is 1. The number of nitrogens with one attached hydrogen (secondary N) is 1. The number of nitrogens with zero attached hydrogens (tertiary/aromatic N) is 5. The van der Waals surface area contributed by atoms with Crippen LogP contribution < -0.4 is 10.2 Å². The van der Waals surface area contributed by atoms with Gasteiger partial charge in [0.25, 0.3) is 0 Å². The summed E-state index contributed by atoms with van der Waals surface area (Å²) in [5.41, 5.74) is 0. The second-order valence-corrected chi connectivity index (χ2v) is 4.24. The number of hydrogen-bond donors (Lipinski definition) is 1. The van der Waals surface area contributed by atoms with Gasteiger partial charge < -0.3 is 15.1 Å². The van der Waals surface area contributed by atoms with E-state index in [4.69, 9.17) is 11.6 Å². The first kappa shape index (κ1) is 15.4. The lowest BCUT2D eigenvalue weighted by Gasteiger charge is -2.23. The molecule has 0 fully saturated rings. The van der Waals surface area contributed by atoms with Gasteiger partial charge in [-0.3, -0.25) is 4.79 Å². The lowest BCUT2D eigenvalue weighted by atomic mass is 10.4. The van der Waals surface area contributed by atoms with Crippen molar-refractivity contribution >= 4 is 29.4 Å². The molecule has 0 aromatic carbocycles. The van der Waals surface area contributed by atoms with E-state index in [1.54, 1.807) is 23.9 Å². The number of amides is 1. The van der Waals surface area contributed by atoms with Crippen LogP contribution in [0.4, 0.5) is 11.9 Å². The van der Waals surface area contributed by atoms with Crippen molar-refractivity contribution in [2.24, 2.45) is 0 Å². The van der Waals surface area contributed by atoms with Gasteiger partial charge in [0, 0.05) is 27.2 Å². The average molecular weight is 287 g/mol. The smallest absolute Gasteiger partial charge is 0.242 e. The van der Waals surface area contributed by atoms with E-state index in [-0.39, 0.29) is 17.7 Å². The van der Waals surface area contributed by atoms with Crippen LogP contribution in [0.1, 0.15) is 13.8 Å². The molecule has 106 valence electrons. The van der Waals surface area contributed by atoms with Crippen LogP contribution >= 0.6 is 11.6 Å². The molecule has 0 saturated carbocycles. The molecule has 1 amide bonds.